The first-order chi connectivity index (χ1) is 11.6. The zero-order valence-electron chi connectivity index (χ0n) is 14.7. The van der Waals surface area contributed by atoms with E-state index in [0.29, 0.717) is 5.92 Å². The molecule has 1 aromatic carbocycles. The van der Waals surface area contributed by atoms with Crippen LogP contribution in [0.1, 0.15) is 41.5 Å². The van der Waals surface area contributed by atoms with Gasteiger partial charge in [-0.25, -0.2) is 0 Å². The zero-order valence-corrected chi connectivity index (χ0v) is 14.7. The first-order valence-electron chi connectivity index (χ1n) is 9.13. The average Bonchev–Trinajstić information content (AvgIpc) is 3.08. The van der Waals surface area contributed by atoms with Crippen LogP contribution in [0.5, 0.6) is 0 Å². The van der Waals surface area contributed by atoms with Crippen LogP contribution in [0.2, 0.25) is 0 Å². The van der Waals surface area contributed by atoms with Gasteiger partial charge in [0.25, 0.3) is 0 Å². The highest BCUT2D eigenvalue weighted by Crippen LogP contribution is 2.36. The van der Waals surface area contributed by atoms with Gasteiger partial charge in [0.05, 0.1) is 11.8 Å². The monoisotopic (exact) mass is 325 g/mol. The van der Waals surface area contributed by atoms with Gasteiger partial charge in [0.15, 0.2) is 0 Å². The Morgan fingerprint density at radius 3 is 2.58 bits per heavy atom. The molecule has 0 unspecified atom stereocenters. The van der Waals surface area contributed by atoms with Crippen molar-refractivity contribution in [2.75, 3.05) is 13.1 Å². The van der Waals surface area contributed by atoms with Gasteiger partial charge in [-0.05, 0) is 69.3 Å². The number of piperidine rings is 1. The van der Waals surface area contributed by atoms with Gasteiger partial charge in [0, 0.05) is 18.3 Å². The van der Waals surface area contributed by atoms with E-state index in [2.05, 4.69) is 52.8 Å². The smallest absolute Gasteiger partial charge is 0.0951 e. The molecule has 2 atom stereocenters. The summed E-state index contributed by atoms with van der Waals surface area (Å²) in [5.74, 6) is 0.695. The first-order valence-corrected chi connectivity index (χ1v) is 9.13. The molecule has 0 amide bonds. The van der Waals surface area contributed by atoms with Gasteiger partial charge in [-0.15, -0.1) is 0 Å². The number of fused-ring (bicyclic) bond motifs is 1. The number of aromatic nitrogens is 2. The van der Waals surface area contributed by atoms with Crippen LogP contribution in [0.4, 0.5) is 0 Å². The topological polar surface area (TPSA) is 41.3 Å². The van der Waals surface area contributed by atoms with E-state index in [1.165, 1.54) is 24.1 Å². The number of aryl methyl sites for hydroxylation is 2. The molecular formula is C20H27N3O. The van der Waals surface area contributed by atoms with Gasteiger partial charge in [0.1, 0.15) is 0 Å². The molecule has 24 heavy (non-hydrogen) atoms. The molecule has 2 heterocycles. The van der Waals surface area contributed by atoms with Crippen LogP contribution in [0, 0.1) is 19.8 Å². The van der Waals surface area contributed by atoms with Crippen molar-refractivity contribution in [3.63, 3.8) is 0 Å². The quantitative estimate of drug-likeness (QED) is 0.943. The van der Waals surface area contributed by atoms with Gasteiger partial charge < -0.3 is 5.11 Å². The molecular weight excluding hydrogens is 298 g/mol. The van der Waals surface area contributed by atoms with E-state index in [9.17, 15) is 5.11 Å². The molecule has 1 aromatic heterocycles. The predicted octanol–water partition coefficient (Wildman–Crippen LogP) is 2.87. The highest BCUT2D eigenvalue weighted by molar-refractivity contribution is 5.35. The molecule has 1 saturated heterocycles. The highest BCUT2D eigenvalue weighted by atomic mass is 16.3. The SMILES string of the molecule is Cc1cc(C)n(CC2CCN([C@@H]3Cc4ccccc4[C@H]3O)CC2)n1. The maximum Gasteiger partial charge on any atom is 0.0951 e. The van der Waals surface area contributed by atoms with E-state index in [1.807, 2.05) is 6.07 Å². The number of hydrogen-bond donors (Lipinski definition) is 1. The number of hydrogen-bond acceptors (Lipinski definition) is 3. The predicted molar refractivity (Wildman–Crippen MR) is 94.9 cm³/mol. The maximum atomic E-state index is 10.7. The van der Waals surface area contributed by atoms with E-state index in [-0.39, 0.29) is 12.1 Å². The van der Waals surface area contributed by atoms with Crippen LogP contribution >= 0.6 is 0 Å². The summed E-state index contributed by atoms with van der Waals surface area (Å²) in [7, 11) is 0. The minimum atomic E-state index is -0.325. The molecule has 0 saturated carbocycles. The highest BCUT2D eigenvalue weighted by Gasteiger charge is 2.36. The van der Waals surface area contributed by atoms with E-state index < -0.39 is 0 Å². The van der Waals surface area contributed by atoms with Crippen LogP contribution in [0.15, 0.2) is 30.3 Å². The molecule has 4 nitrogen and oxygen atoms in total. The van der Waals surface area contributed by atoms with Gasteiger partial charge >= 0.3 is 0 Å². The fourth-order valence-corrected chi connectivity index (χ4v) is 4.45. The van der Waals surface area contributed by atoms with Gasteiger partial charge in [-0.2, -0.15) is 5.10 Å². The molecule has 0 radical (unpaired) electrons. The van der Waals surface area contributed by atoms with Crippen LogP contribution < -0.4 is 0 Å². The lowest BCUT2D eigenvalue weighted by Crippen LogP contribution is -2.44. The second kappa shape index (κ2) is 6.34. The molecule has 1 fully saturated rings. The summed E-state index contributed by atoms with van der Waals surface area (Å²) >= 11 is 0. The Bertz CT molecular complexity index is 715. The Balaban J connectivity index is 1.36. The van der Waals surface area contributed by atoms with Gasteiger partial charge in [0.2, 0.25) is 0 Å². The standard InChI is InChI=1S/C20H27N3O/c1-14-11-15(2)23(21-14)13-16-7-9-22(10-8-16)19-12-17-5-3-4-6-18(17)20(19)24/h3-6,11,16,19-20,24H,7-10,12-13H2,1-2H3/t19-,20-/m1/s1. The van der Waals surface area contributed by atoms with E-state index in [1.54, 1.807) is 0 Å². The minimum Gasteiger partial charge on any atom is -0.387 e. The average molecular weight is 325 g/mol. The fourth-order valence-electron chi connectivity index (χ4n) is 4.45. The van der Waals surface area contributed by atoms with Crippen molar-refractivity contribution in [2.24, 2.45) is 5.92 Å². The van der Waals surface area contributed by atoms with Crippen LogP contribution in [-0.4, -0.2) is 38.9 Å². The fraction of sp³-hybridized carbons (Fsp3) is 0.550. The van der Waals surface area contributed by atoms with Crippen molar-refractivity contribution in [3.05, 3.63) is 52.8 Å². The van der Waals surface area contributed by atoms with E-state index in [4.69, 9.17) is 0 Å². The van der Waals surface area contributed by atoms with E-state index in [0.717, 1.165) is 37.3 Å². The third-order valence-electron chi connectivity index (χ3n) is 5.82. The largest absolute Gasteiger partial charge is 0.387 e. The van der Waals surface area contributed by atoms with Crippen LogP contribution in [0.3, 0.4) is 0 Å². The normalized spacial score (nSPS) is 25.1. The Morgan fingerprint density at radius 2 is 1.92 bits per heavy atom. The second-order valence-corrected chi connectivity index (χ2v) is 7.50. The number of aliphatic hydroxyl groups is 1. The lowest BCUT2D eigenvalue weighted by Gasteiger charge is -2.37. The maximum absolute atomic E-state index is 10.7. The third kappa shape index (κ3) is 2.89. The summed E-state index contributed by atoms with van der Waals surface area (Å²) < 4.78 is 2.16. The summed E-state index contributed by atoms with van der Waals surface area (Å²) in [6, 6.07) is 10.8. The molecule has 0 spiro atoms. The van der Waals surface area contributed by atoms with Crippen LogP contribution in [-0.2, 0) is 13.0 Å². The number of nitrogens with zero attached hydrogens (tertiary/aromatic N) is 3. The molecule has 1 aliphatic carbocycles. The van der Waals surface area contributed by atoms with E-state index >= 15 is 0 Å². The van der Waals surface area contributed by atoms with Crippen molar-refractivity contribution in [1.29, 1.82) is 0 Å². The first kappa shape index (κ1) is 15.9. The zero-order chi connectivity index (χ0) is 16.7. The Hall–Kier alpha value is -1.65. The number of benzene rings is 1. The molecule has 1 N–H and O–H groups in total. The van der Waals surface area contributed by atoms with Crippen LogP contribution in [0.25, 0.3) is 0 Å². The van der Waals surface area contributed by atoms with Crippen molar-refractivity contribution < 1.29 is 5.11 Å². The third-order valence-corrected chi connectivity index (χ3v) is 5.82. The molecule has 128 valence electrons. The molecule has 4 rings (SSSR count). The lowest BCUT2D eigenvalue weighted by molar-refractivity contribution is 0.0368. The summed E-state index contributed by atoms with van der Waals surface area (Å²) in [5, 5.41) is 15.3. The summed E-state index contributed by atoms with van der Waals surface area (Å²) in [6.45, 7) is 7.40. The minimum absolute atomic E-state index is 0.261. The summed E-state index contributed by atoms with van der Waals surface area (Å²) in [6.07, 6.45) is 3.05. The Kier molecular flexibility index (Phi) is 4.19. The summed E-state index contributed by atoms with van der Waals surface area (Å²) in [5.41, 5.74) is 4.82. The molecule has 1 aliphatic heterocycles. The Labute approximate surface area is 144 Å². The molecule has 2 aliphatic rings. The van der Waals surface area contributed by atoms with Crippen molar-refractivity contribution >= 4 is 0 Å². The molecule has 4 heteroatoms. The summed E-state index contributed by atoms with van der Waals surface area (Å²) in [4.78, 5) is 2.50. The second-order valence-electron chi connectivity index (χ2n) is 7.50. The Morgan fingerprint density at radius 1 is 1.17 bits per heavy atom. The number of likely N-dealkylation sites (tertiary alicyclic amines) is 1. The molecule has 2 aromatic rings. The van der Waals surface area contributed by atoms with Crippen molar-refractivity contribution in [1.82, 2.24) is 14.7 Å². The number of rotatable bonds is 3. The van der Waals surface area contributed by atoms with Crippen molar-refractivity contribution in [3.8, 4) is 0 Å². The lowest BCUT2D eigenvalue weighted by atomic mass is 9.94. The van der Waals surface area contributed by atoms with Gasteiger partial charge in [-0.3, -0.25) is 9.58 Å². The van der Waals surface area contributed by atoms with Gasteiger partial charge in [-0.1, -0.05) is 24.3 Å². The molecule has 0 bridgehead atoms. The number of aliphatic hydroxyl groups excluding tert-OH is 1. The van der Waals surface area contributed by atoms with Crippen molar-refractivity contribution in [2.45, 2.75) is 51.8 Å².